The summed E-state index contributed by atoms with van der Waals surface area (Å²) >= 11 is 0. The van der Waals surface area contributed by atoms with Crippen molar-refractivity contribution in [1.82, 2.24) is 4.98 Å². The Kier molecular flexibility index (Phi) is 3.39. The minimum atomic E-state index is 0.482. The molecule has 1 fully saturated rings. The molecule has 1 aliphatic heterocycles. The quantitative estimate of drug-likeness (QED) is 0.792. The van der Waals surface area contributed by atoms with Crippen LogP contribution in [0.1, 0.15) is 6.42 Å². The fraction of sp³-hybridized carbons (Fsp3) is 0.211. The first kappa shape index (κ1) is 13.1. The van der Waals surface area contributed by atoms with E-state index in [4.69, 9.17) is 4.98 Å². The molecule has 1 unspecified atom stereocenters. The van der Waals surface area contributed by atoms with Gasteiger partial charge >= 0.3 is 0 Å². The summed E-state index contributed by atoms with van der Waals surface area (Å²) < 4.78 is 0. The van der Waals surface area contributed by atoms with Crippen molar-refractivity contribution in [2.45, 2.75) is 12.5 Å². The van der Waals surface area contributed by atoms with Gasteiger partial charge in [-0.1, -0.05) is 36.4 Å². The van der Waals surface area contributed by atoms with Gasteiger partial charge in [0.1, 0.15) is 5.82 Å². The standard InChI is InChI=1S/C19H19N3/c1-2-7-16(8-3-1)20-17-12-13-22(14-17)19-11-10-15-6-4-5-9-18(15)21-19/h1-11,17,20H,12-14H2. The second-order valence-corrected chi connectivity index (χ2v) is 5.80. The molecule has 0 radical (unpaired) electrons. The minimum Gasteiger partial charge on any atom is -0.380 e. The Hall–Kier alpha value is -2.55. The molecule has 110 valence electrons. The van der Waals surface area contributed by atoms with Crippen molar-refractivity contribution in [3.05, 3.63) is 66.7 Å². The van der Waals surface area contributed by atoms with E-state index in [1.54, 1.807) is 0 Å². The van der Waals surface area contributed by atoms with Gasteiger partial charge in [0.2, 0.25) is 0 Å². The first-order chi connectivity index (χ1) is 10.9. The fourth-order valence-corrected chi connectivity index (χ4v) is 3.09. The molecule has 1 saturated heterocycles. The Bertz CT molecular complexity index is 770. The molecule has 3 aromatic rings. The Morgan fingerprint density at radius 3 is 2.64 bits per heavy atom. The average Bonchev–Trinajstić information content (AvgIpc) is 3.04. The minimum absolute atomic E-state index is 0.482. The number of rotatable bonds is 3. The van der Waals surface area contributed by atoms with Crippen molar-refractivity contribution < 1.29 is 0 Å². The number of pyridine rings is 1. The molecule has 2 heterocycles. The molecule has 4 rings (SSSR count). The predicted octanol–water partition coefficient (Wildman–Crippen LogP) is 3.93. The molecule has 1 aromatic heterocycles. The number of fused-ring (bicyclic) bond motifs is 1. The lowest BCUT2D eigenvalue weighted by Crippen LogP contribution is -2.26. The number of nitrogens with zero attached hydrogens (tertiary/aromatic N) is 2. The number of aromatic nitrogens is 1. The van der Waals surface area contributed by atoms with Crippen LogP contribution in [0.2, 0.25) is 0 Å². The fourth-order valence-electron chi connectivity index (χ4n) is 3.09. The van der Waals surface area contributed by atoms with E-state index in [0.717, 1.165) is 30.8 Å². The molecule has 0 bridgehead atoms. The molecular formula is C19H19N3. The summed E-state index contributed by atoms with van der Waals surface area (Å²) in [4.78, 5) is 7.16. The van der Waals surface area contributed by atoms with Crippen LogP contribution in [0.3, 0.4) is 0 Å². The summed E-state index contributed by atoms with van der Waals surface area (Å²) in [6.07, 6.45) is 1.14. The van der Waals surface area contributed by atoms with Gasteiger partial charge in [-0.25, -0.2) is 4.98 Å². The summed E-state index contributed by atoms with van der Waals surface area (Å²) in [7, 11) is 0. The summed E-state index contributed by atoms with van der Waals surface area (Å²) in [5.41, 5.74) is 2.26. The van der Waals surface area contributed by atoms with E-state index in [0.29, 0.717) is 6.04 Å². The maximum atomic E-state index is 4.80. The van der Waals surface area contributed by atoms with E-state index < -0.39 is 0 Å². The summed E-state index contributed by atoms with van der Waals surface area (Å²) in [5.74, 6) is 1.08. The molecule has 0 aliphatic carbocycles. The van der Waals surface area contributed by atoms with Crippen LogP contribution in [-0.4, -0.2) is 24.1 Å². The summed E-state index contributed by atoms with van der Waals surface area (Å²) in [6.45, 7) is 2.05. The third-order valence-electron chi connectivity index (χ3n) is 4.24. The van der Waals surface area contributed by atoms with Crippen LogP contribution in [0.4, 0.5) is 11.5 Å². The van der Waals surface area contributed by atoms with E-state index >= 15 is 0 Å². The zero-order chi connectivity index (χ0) is 14.8. The molecule has 2 aromatic carbocycles. The molecule has 1 atom stereocenters. The SMILES string of the molecule is c1ccc(NC2CCN(c3ccc4ccccc4n3)C2)cc1. The zero-order valence-electron chi connectivity index (χ0n) is 12.4. The van der Waals surface area contributed by atoms with Gasteiger partial charge in [-0.05, 0) is 36.8 Å². The maximum absolute atomic E-state index is 4.80. The number of hydrogen-bond acceptors (Lipinski definition) is 3. The highest BCUT2D eigenvalue weighted by Crippen LogP contribution is 2.23. The summed E-state index contributed by atoms with van der Waals surface area (Å²) in [6, 6.07) is 23.5. The van der Waals surface area contributed by atoms with E-state index in [9.17, 15) is 0 Å². The van der Waals surface area contributed by atoms with Crippen LogP contribution in [0.5, 0.6) is 0 Å². The normalized spacial score (nSPS) is 17.8. The van der Waals surface area contributed by atoms with Crippen LogP contribution >= 0.6 is 0 Å². The number of nitrogens with one attached hydrogen (secondary N) is 1. The van der Waals surface area contributed by atoms with E-state index in [1.165, 1.54) is 11.1 Å². The van der Waals surface area contributed by atoms with Crippen molar-refractivity contribution >= 4 is 22.4 Å². The van der Waals surface area contributed by atoms with Crippen molar-refractivity contribution in [2.75, 3.05) is 23.3 Å². The van der Waals surface area contributed by atoms with Gasteiger partial charge in [-0.3, -0.25) is 0 Å². The Morgan fingerprint density at radius 1 is 0.909 bits per heavy atom. The van der Waals surface area contributed by atoms with Crippen LogP contribution in [0.25, 0.3) is 10.9 Å². The van der Waals surface area contributed by atoms with Gasteiger partial charge in [0.15, 0.2) is 0 Å². The van der Waals surface area contributed by atoms with Gasteiger partial charge < -0.3 is 10.2 Å². The predicted molar refractivity (Wildman–Crippen MR) is 92.4 cm³/mol. The third-order valence-corrected chi connectivity index (χ3v) is 4.24. The zero-order valence-corrected chi connectivity index (χ0v) is 12.4. The van der Waals surface area contributed by atoms with E-state index in [-0.39, 0.29) is 0 Å². The smallest absolute Gasteiger partial charge is 0.129 e. The number of benzene rings is 2. The first-order valence-corrected chi connectivity index (χ1v) is 7.81. The molecule has 0 amide bonds. The largest absolute Gasteiger partial charge is 0.380 e. The van der Waals surface area contributed by atoms with Crippen molar-refractivity contribution in [3.63, 3.8) is 0 Å². The van der Waals surface area contributed by atoms with Crippen molar-refractivity contribution in [2.24, 2.45) is 0 Å². The second kappa shape index (κ2) is 5.68. The van der Waals surface area contributed by atoms with Gasteiger partial charge in [-0.2, -0.15) is 0 Å². The lowest BCUT2D eigenvalue weighted by atomic mass is 10.2. The van der Waals surface area contributed by atoms with E-state index in [2.05, 4.69) is 64.8 Å². The van der Waals surface area contributed by atoms with E-state index in [1.807, 2.05) is 12.1 Å². The number of hydrogen-bond donors (Lipinski definition) is 1. The van der Waals surface area contributed by atoms with Gasteiger partial charge in [0, 0.05) is 30.2 Å². The van der Waals surface area contributed by atoms with Gasteiger partial charge in [-0.15, -0.1) is 0 Å². The molecule has 0 saturated carbocycles. The van der Waals surface area contributed by atoms with Gasteiger partial charge in [0.25, 0.3) is 0 Å². The molecule has 22 heavy (non-hydrogen) atoms. The number of anilines is 2. The second-order valence-electron chi connectivity index (χ2n) is 5.80. The highest BCUT2D eigenvalue weighted by Gasteiger charge is 2.23. The lowest BCUT2D eigenvalue weighted by molar-refractivity contribution is 0.806. The monoisotopic (exact) mass is 289 g/mol. The Balaban J connectivity index is 1.49. The highest BCUT2D eigenvalue weighted by molar-refractivity contribution is 5.80. The van der Waals surface area contributed by atoms with Crippen molar-refractivity contribution in [1.29, 1.82) is 0 Å². The molecule has 3 nitrogen and oxygen atoms in total. The van der Waals surface area contributed by atoms with Gasteiger partial charge in [0.05, 0.1) is 5.52 Å². The molecule has 1 N–H and O–H groups in total. The first-order valence-electron chi connectivity index (χ1n) is 7.81. The lowest BCUT2D eigenvalue weighted by Gasteiger charge is -2.19. The maximum Gasteiger partial charge on any atom is 0.129 e. The van der Waals surface area contributed by atoms with Crippen LogP contribution in [0, 0.1) is 0 Å². The molecule has 1 aliphatic rings. The summed E-state index contributed by atoms with van der Waals surface area (Å²) in [5, 5.41) is 4.81. The Morgan fingerprint density at radius 2 is 1.73 bits per heavy atom. The third kappa shape index (κ3) is 2.62. The molecule has 0 spiro atoms. The highest BCUT2D eigenvalue weighted by atomic mass is 15.2. The number of para-hydroxylation sites is 2. The van der Waals surface area contributed by atoms with Crippen LogP contribution in [0.15, 0.2) is 66.7 Å². The van der Waals surface area contributed by atoms with Crippen molar-refractivity contribution in [3.8, 4) is 0 Å². The van der Waals surface area contributed by atoms with Crippen LogP contribution < -0.4 is 10.2 Å². The topological polar surface area (TPSA) is 28.2 Å². The molecule has 3 heteroatoms. The van der Waals surface area contributed by atoms with Crippen LogP contribution in [-0.2, 0) is 0 Å². The Labute approximate surface area is 130 Å². The molecular weight excluding hydrogens is 270 g/mol. The average molecular weight is 289 g/mol.